The van der Waals surface area contributed by atoms with Crippen molar-refractivity contribution >= 4 is 10.0 Å². The zero-order valence-electron chi connectivity index (χ0n) is 11.4. The molecule has 5 nitrogen and oxygen atoms in total. The van der Waals surface area contributed by atoms with E-state index in [1.54, 1.807) is 13.8 Å². The molecule has 0 radical (unpaired) electrons. The number of rotatable bonds is 6. The third-order valence-corrected chi connectivity index (χ3v) is 4.18. The van der Waals surface area contributed by atoms with Crippen LogP contribution >= 0.6 is 0 Å². The smallest absolute Gasteiger partial charge is 0.406 e. The lowest BCUT2D eigenvalue weighted by atomic mass is 10.1. The average molecular weight is 327 g/mol. The molecule has 0 aliphatic heterocycles. The second-order valence-corrected chi connectivity index (χ2v) is 6.39. The molecule has 0 aliphatic rings. The Bertz CT molecular complexity index is 555. The molecule has 0 heterocycles. The van der Waals surface area contributed by atoms with Crippen LogP contribution in [0, 0.1) is 5.92 Å². The van der Waals surface area contributed by atoms with Crippen molar-refractivity contribution in [2.24, 2.45) is 5.92 Å². The number of alkyl halides is 3. The van der Waals surface area contributed by atoms with Gasteiger partial charge in [0.25, 0.3) is 0 Å². The molecular formula is C12H16F3NO4S. The van der Waals surface area contributed by atoms with Gasteiger partial charge in [-0.2, -0.15) is 0 Å². The second kappa shape index (κ2) is 6.63. The third-order valence-electron chi connectivity index (χ3n) is 2.68. The Labute approximate surface area is 120 Å². The molecule has 1 aromatic rings. The van der Waals surface area contributed by atoms with Gasteiger partial charge in [-0.3, -0.25) is 0 Å². The number of ether oxygens (including phenoxy) is 1. The molecule has 0 fully saturated rings. The molecule has 0 saturated heterocycles. The minimum atomic E-state index is -4.84. The van der Waals surface area contributed by atoms with Gasteiger partial charge in [0.05, 0.1) is 11.5 Å². The first-order chi connectivity index (χ1) is 9.55. The highest BCUT2D eigenvalue weighted by Crippen LogP contribution is 2.24. The molecule has 1 rings (SSSR count). The van der Waals surface area contributed by atoms with E-state index in [4.69, 9.17) is 5.11 Å². The molecule has 0 aliphatic carbocycles. The monoisotopic (exact) mass is 327 g/mol. The molecule has 1 atom stereocenters. The van der Waals surface area contributed by atoms with Crippen molar-refractivity contribution < 1.29 is 31.4 Å². The molecule has 0 amide bonds. The van der Waals surface area contributed by atoms with E-state index in [1.807, 2.05) is 0 Å². The van der Waals surface area contributed by atoms with E-state index in [1.165, 1.54) is 0 Å². The van der Waals surface area contributed by atoms with Crippen LogP contribution in [-0.4, -0.2) is 32.5 Å². The lowest BCUT2D eigenvalue weighted by Crippen LogP contribution is -2.41. The van der Waals surface area contributed by atoms with E-state index in [-0.39, 0.29) is 17.4 Å². The van der Waals surface area contributed by atoms with Crippen LogP contribution < -0.4 is 9.46 Å². The van der Waals surface area contributed by atoms with Crippen molar-refractivity contribution in [2.75, 3.05) is 6.61 Å². The second-order valence-electron chi connectivity index (χ2n) is 4.67. The maximum atomic E-state index is 12.0. The summed E-state index contributed by atoms with van der Waals surface area (Å²) in [5, 5.41) is 9.11. The molecule has 21 heavy (non-hydrogen) atoms. The maximum absolute atomic E-state index is 12.0. The summed E-state index contributed by atoms with van der Waals surface area (Å²) in [6.45, 7) is 3.07. The summed E-state index contributed by atoms with van der Waals surface area (Å²) in [7, 11) is -3.92. The van der Waals surface area contributed by atoms with Crippen LogP contribution in [0.1, 0.15) is 13.8 Å². The van der Waals surface area contributed by atoms with E-state index in [9.17, 15) is 21.6 Å². The number of sulfonamides is 1. The van der Waals surface area contributed by atoms with Crippen LogP contribution in [-0.2, 0) is 10.0 Å². The highest BCUT2D eigenvalue weighted by molar-refractivity contribution is 7.89. The molecule has 120 valence electrons. The summed E-state index contributed by atoms with van der Waals surface area (Å²) in [5.41, 5.74) is 0. The Hall–Kier alpha value is -1.32. The molecule has 0 bridgehead atoms. The topological polar surface area (TPSA) is 75.6 Å². The predicted octanol–water partition coefficient (Wildman–Crippen LogP) is 1.88. The van der Waals surface area contributed by atoms with Crippen LogP contribution in [0.3, 0.4) is 0 Å². The van der Waals surface area contributed by atoms with Gasteiger partial charge in [-0.25, -0.2) is 13.1 Å². The highest BCUT2D eigenvalue weighted by Gasteiger charge is 2.31. The average Bonchev–Trinajstić information content (AvgIpc) is 2.34. The van der Waals surface area contributed by atoms with Gasteiger partial charge in [-0.15, -0.1) is 13.2 Å². The van der Waals surface area contributed by atoms with Crippen LogP contribution in [0.5, 0.6) is 5.75 Å². The van der Waals surface area contributed by atoms with E-state index in [0.717, 1.165) is 24.3 Å². The lowest BCUT2D eigenvalue weighted by Gasteiger charge is -2.19. The van der Waals surface area contributed by atoms with Gasteiger partial charge >= 0.3 is 6.36 Å². The lowest BCUT2D eigenvalue weighted by molar-refractivity contribution is -0.274. The number of hydrogen-bond acceptors (Lipinski definition) is 4. The summed E-state index contributed by atoms with van der Waals surface area (Å²) >= 11 is 0. The molecule has 2 N–H and O–H groups in total. The molecule has 0 aromatic heterocycles. The zero-order chi connectivity index (χ0) is 16.3. The molecule has 0 spiro atoms. The van der Waals surface area contributed by atoms with E-state index in [0.29, 0.717) is 0 Å². The van der Waals surface area contributed by atoms with Gasteiger partial charge in [-0.1, -0.05) is 13.8 Å². The van der Waals surface area contributed by atoms with Gasteiger partial charge < -0.3 is 9.84 Å². The quantitative estimate of drug-likeness (QED) is 0.836. The Morgan fingerprint density at radius 3 is 2.14 bits per heavy atom. The van der Waals surface area contributed by atoms with Gasteiger partial charge in [0.2, 0.25) is 10.0 Å². The minimum absolute atomic E-state index is 0.141. The largest absolute Gasteiger partial charge is 0.573 e. The van der Waals surface area contributed by atoms with Crippen LogP contribution in [0.25, 0.3) is 0 Å². The summed E-state index contributed by atoms with van der Waals surface area (Å²) in [6, 6.07) is 3.13. The normalized spacial score (nSPS) is 14.2. The third kappa shape index (κ3) is 5.52. The first kappa shape index (κ1) is 17.7. The van der Waals surface area contributed by atoms with Crippen LogP contribution in [0.15, 0.2) is 29.2 Å². The number of benzene rings is 1. The van der Waals surface area contributed by atoms with Crippen molar-refractivity contribution in [1.82, 2.24) is 4.72 Å². The van der Waals surface area contributed by atoms with Crippen molar-refractivity contribution in [1.29, 1.82) is 0 Å². The Morgan fingerprint density at radius 2 is 1.76 bits per heavy atom. The number of nitrogens with one attached hydrogen (secondary N) is 1. The summed E-state index contributed by atoms with van der Waals surface area (Å²) < 4.78 is 66.0. The Balaban J connectivity index is 2.90. The van der Waals surface area contributed by atoms with E-state index in [2.05, 4.69) is 9.46 Å². The zero-order valence-corrected chi connectivity index (χ0v) is 12.2. The number of halogens is 3. The van der Waals surface area contributed by atoms with Crippen molar-refractivity contribution in [3.63, 3.8) is 0 Å². The standard InChI is InChI=1S/C12H16F3NO4S/c1-8(2)11(7-17)16-21(18,19)10-5-3-9(4-6-10)20-12(13,14)15/h3-6,8,11,16-17H,7H2,1-2H3. The van der Waals surface area contributed by atoms with Gasteiger partial charge in [0, 0.05) is 6.04 Å². The number of aliphatic hydroxyl groups is 1. The molecular weight excluding hydrogens is 311 g/mol. The minimum Gasteiger partial charge on any atom is -0.406 e. The highest BCUT2D eigenvalue weighted by atomic mass is 32.2. The Morgan fingerprint density at radius 1 is 1.24 bits per heavy atom. The fourth-order valence-corrected chi connectivity index (χ4v) is 2.85. The first-order valence-electron chi connectivity index (χ1n) is 6.04. The molecule has 1 unspecified atom stereocenters. The van der Waals surface area contributed by atoms with E-state index < -0.39 is 28.2 Å². The van der Waals surface area contributed by atoms with Crippen molar-refractivity contribution in [2.45, 2.75) is 31.1 Å². The summed E-state index contributed by atoms with van der Waals surface area (Å²) in [4.78, 5) is -0.212. The maximum Gasteiger partial charge on any atom is 0.573 e. The van der Waals surface area contributed by atoms with Crippen molar-refractivity contribution in [3.8, 4) is 5.75 Å². The molecule has 1 aromatic carbocycles. The van der Waals surface area contributed by atoms with Gasteiger partial charge in [0.15, 0.2) is 0 Å². The molecule has 0 saturated carbocycles. The fourth-order valence-electron chi connectivity index (χ4n) is 1.47. The number of aliphatic hydroxyl groups excluding tert-OH is 1. The first-order valence-corrected chi connectivity index (χ1v) is 7.52. The van der Waals surface area contributed by atoms with Crippen LogP contribution in [0.2, 0.25) is 0 Å². The molecule has 9 heteroatoms. The van der Waals surface area contributed by atoms with Gasteiger partial charge in [0.1, 0.15) is 5.75 Å². The fraction of sp³-hybridized carbons (Fsp3) is 0.500. The van der Waals surface area contributed by atoms with Gasteiger partial charge in [-0.05, 0) is 30.2 Å². The SMILES string of the molecule is CC(C)C(CO)NS(=O)(=O)c1ccc(OC(F)(F)F)cc1. The Kier molecular flexibility index (Phi) is 5.60. The summed E-state index contributed by atoms with van der Waals surface area (Å²) in [5.74, 6) is -0.651. The van der Waals surface area contributed by atoms with Crippen LogP contribution in [0.4, 0.5) is 13.2 Å². The summed E-state index contributed by atoms with van der Waals surface area (Å²) in [6.07, 6.45) is -4.84. The van der Waals surface area contributed by atoms with Crippen molar-refractivity contribution in [3.05, 3.63) is 24.3 Å². The number of hydrogen-bond donors (Lipinski definition) is 2. The predicted molar refractivity (Wildman–Crippen MR) is 69.2 cm³/mol. The van der Waals surface area contributed by atoms with E-state index >= 15 is 0 Å².